The van der Waals surface area contributed by atoms with E-state index in [9.17, 15) is 14.7 Å². The van der Waals surface area contributed by atoms with Gasteiger partial charge in [0.1, 0.15) is 16.6 Å². The lowest BCUT2D eigenvalue weighted by atomic mass is 10.1. The first-order valence-corrected chi connectivity index (χ1v) is 8.65. The summed E-state index contributed by atoms with van der Waals surface area (Å²) in [5.74, 6) is -1.53. The van der Waals surface area contributed by atoms with Crippen LogP contribution < -0.4 is 4.90 Å². The Morgan fingerprint density at radius 1 is 1.38 bits per heavy atom. The van der Waals surface area contributed by atoms with E-state index in [1.807, 2.05) is 19.9 Å². The van der Waals surface area contributed by atoms with Crippen molar-refractivity contribution in [1.82, 2.24) is 4.90 Å². The van der Waals surface area contributed by atoms with Crippen LogP contribution in [-0.2, 0) is 9.59 Å². The number of phenols is 1. The van der Waals surface area contributed by atoms with Crippen LogP contribution >= 0.6 is 24.0 Å². The molecule has 1 aliphatic rings. The number of aliphatic carboxylic acids is 1. The monoisotopic (exact) mass is 366 g/mol. The SMILES string of the molecule is CCN(CC)c1ccc(/C=C2\SC(=S)N(CC(=O)O)C2=O)c(O)c1. The quantitative estimate of drug-likeness (QED) is 0.591. The van der Waals surface area contributed by atoms with E-state index in [-0.39, 0.29) is 10.1 Å². The molecular formula is C16H18N2O4S2. The Balaban J connectivity index is 2.27. The summed E-state index contributed by atoms with van der Waals surface area (Å²) in [6.07, 6.45) is 1.53. The summed E-state index contributed by atoms with van der Waals surface area (Å²) in [7, 11) is 0. The van der Waals surface area contributed by atoms with Gasteiger partial charge in [-0.2, -0.15) is 0 Å². The van der Waals surface area contributed by atoms with Gasteiger partial charge in [0.25, 0.3) is 5.91 Å². The highest BCUT2D eigenvalue weighted by Gasteiger charge is 2.33. The van der Waals surface area contributed by atoms with Crippen LogP contribution in [0.25, 0.3) is 6.08 Å². The first kappa shape index (κ1) is 18.3. The maximum Gasteiger partial charge on any atom is 0.323 e. The number of amides is 1. The fourth-order valence-electron chi connectivity index (χ4n) is 2.35. The second-order valence-electron chi connectivity index (χ2n) is 5.08. The smallest absolute Gasteiger partial charge is 0.323 e. The number of carboxylic acid groups (broad SMARTS) is 1. The number of rotatable bonds is 6. The first-order chi connectivity index (χ1) is 11.4. The Hall–Kier alpha value is -2.06. The van der Waals surface area contributed by atoms with Crippen molar-refractivity contribution in [3.05, 3.63) is 28.7 Å². The molecule has 1 aliphatic heterocycles. The number of carbonyl (C=O) groups is 2. The molecule has 0 saturated carbocycles. The number of benzene rings is 1. The van der Waals surface area contributed by atoms with Crippen molar-refractivity contribution in [2.24, 2.45) is 0 Å². The van der Waals surface area contributed by atoms with Gasteiger partial charge in [0.2, 0.25) is 0 Å². The molecule has 0 aliphatic carbocycles. The topological polar surface area (TPSA) is 81.1 Å². The second kappa shape index (κ2) is 7.67. The molecule has 6 nitrogen and oxygen atoms in total. The molecule has 0 radical (unpaired) electrons. The molecule has 1 saturated heterocycles. The molecule has 2 N–H and O–H groups in total. The third-order valence-electron chi connectivity index (χ3n) is 3.60. The number of aromatic hydroxyl groups is 1. The standard InChI is InChI=1S/C16H18N2O4S2/c1-3-17(4-2)11-6-5-10(12(19)8-11)7-13-15(22)18(9-14(20)21)16(23)24-13/h5-8,19H,3-4,9H2,1-2H3,(H,20,21)/b13-7-. The minimum atomic E-state index is -1.13. The number of carboxylic acids is 1. The molecule has 1 aromatic rings. The Kier molecular flexibility index (Phi) is 5.84. The van der Waals surface area contributed by atoms with Crippen LogP contribution in [0.3, 0.4) is 0 Å². The average molecular weight is 366 g/mol. The van der Waals surface area contributed by atoms with Crippen LogP contribution in [0.5, 0.6) is 5.75 Å². The predicted octanol–water partition coefficient (Wildman–Crippen LogP) is 2.52. The molecule has 2 rings (SSSR count). The molecule has 1 fully saturated rings. The van der Waals surface area contributed by atoms with Gasteiger partial charge in [0, 0.05) is 30.4 Å². The molecule has 1 heterocycles. The van der Waals surface area contributed by atoms with Gasteiger partial charge in [-0.1, -0.05) is 24.0 Å². The maximum atomic E-state index is 12.2. The van der Waals surface area contributed by atoms with Crippen molar-refractivity contribution in [3.63, 3.8) is 0 Å². The summed E-state index contributed by atoms with van der Waals surface area (Å²) >= 11 is 6.07. The van der Waals surface area contributed by atoms with Gasteiger partial charge in [-0.15, -0.1) is 0 Å². The number of nitrogens with zero attached hydrogens (tertiary/aromatic N) is 2. The van der Waals surface area contributed by atoms with E-state index in [4.69, 9.17) is 17.3 Å². The minimum absolute atomic E-state index is 0.0582. The normalized spacial score (nSPS) is 16.1. The van der Waals surface area contributed by atoms with Crippen LogP contribution in [0.2, 0.25) is 0 Å². The summed E-state index contributed by atoms with van der Waals surface area (Å²) in [6.45, 7) is 5.24. The number of thioether (sulfide) groups is 1. The van der Waals surface area contributed by atoms with Crippen molar-refractivity contribution < 1.29 is 19.8 Å². The third kappa shape index (κ3) is 3.88. The lowest BCUT2D eigenvalue weighted by Gasteiger charge is -2.21. The highest BCUT2D eigenvalue weighted by atomic mass is 32.2. The first-order valence-electron chi connectivity index (χ1n) is 7.42. The molecular weight excluding hydrogens is 348 g/mol. The third-order valence-corrected chi connectivity index (χ3v) is 4.97. The van der Waals surface area contributed by atoms with Crippen molar-refractivity contribution in [3.8, 4) is 5.75 Å². The van der Waals surface area contributed by atoms with E-state index >= 15 is 0 Å². The van der Waals surface area contributed by atoms with E-state index < -0.39 is 18.4 Å². The van der Waals surface area contributed by atoms with Crippen LogP contribution in [0.15, 0.2) is 23.1 Å². The highest BCUT2D eigenvalue weighted by molar-refractivity contribution is 8.26. The summed E-state index contributed by atoms with van der Waals surface area (Å²) in [6, 6.07) is 5.25. The summed E-state index contributed by atoms with van der Waals surface area (Å²) < 4.78 is 0.202. The minimum Gasteiger partial charge on any atom is -0.507 e. The van der Waals surface area contributed by atoms with E-state index in [0.717, 1.165) is 35.4 Å². The zero-order valence-corrected chi connectivity index (χ0v) is 15.0. The summed E-state index contributed by atoms with van der Waals surface area (Å²) in [5.41, 5.74) is 1.38. The fraction of sp³-hybridized carbons (Fsp3) is 0.312. The molecule has 0 aromatic heterocycles. The van der Waals surface area contributed by atoms with Crippen LogP contribution in [0.1, 0.15) is 19.4 Å². The Morgan fingerprint density at radius 3 is 2.58 bits per heavy atom. The van der Waals surface area contributed by atoms with Gasteiger partial charge in [-0.25, -0.2) is 0 Å². The number of hydrogen-bond acceptors (Lipinski definition) is 6. The number of anilines is 1. The number of hydrogen-bond donors (Lipinski definition) is 2. The maximum absolute atomic E-state index is 12.2. The highest BCUT2D eigenvalue weighted by Crippen LogP contribution is 2.34. The lowest BCUT2D eigenvalue weighted by molar-refractivity contribution is -0.140. The van der Waals surface area contributed by atoms with Gasteiger partial charge in [0.05, 0.1) is 4.91 Å². The average Bonchev–Trinajstić information content (AvgIpc) is 2.78. The molecule has 0 atom stereocenters. The second-order valence-corrected chi connectivity index (χ2v) is 6.75. The molecule has 24 heavy (non-hydrogen) atoms. The molecule has 0 spiro atoms. The van der Waals surface area contributed by atoms with Gasteiger partial charge in [-0.05, 0) is 32.1 Å². The number of phenolic OH excluding ortho intramolecular Hbond substituents is 1. The summed E-state index contributed by atoms with van der Waals surface area (Å²) in [4.78, 5) is 26.5. The predicted molar refractivity (Wildman–Crippen MR) is 99.2 cm³/mol. The molecule has 1 amide bonds. The van der Waals surface area contributed by atoms with Gasteiger partial charge in [0.15, 0.2) is 0 Å². The largest absolute Gasteiger partial charge is 0.507 e. The van der Waals surface area contributed by atoms with Crippen LogP contribution in [0.4, 0.5) is 5.69 Å². The van der Waals surface area contributed by atoms with Gasteiger partial charge >= 0.3 is 5.97 Å². The molecule has 0 bridgehead atoms. The van der Waals surface area contributed by atoms with Crippen LogP contribution in [0, 0.1) is 0 Å². The lowest BCUT2D eigenvalue weighted by Crippen LogP contribution is -2.33. The molecule has 0 unspecified atom stereocenters. The molecule has 8 heteroatoms. The van der Waals surface area contributed by atoms with Crippen molar-refractivity contribution in [1.29, 1.82) is 0 Å². The van der Waals surface area contributed by atoms with E-state index in [1.165, 1.54) is 6.08 Å². The van der Waals surface area contributed by atoms with Crippen molar-refractivity contribution >= 4 is 51.9 Å². The summed E-state index contributed by atoms with van der Waals surface area (Å²) in [5, 5.41) is 19.1. The Bertz CT molecular complexity index is 714. The Labute approximate surface area is 149 Å². The zero-order chi connectivity index (χ0) is 17.9. The zero-order valence-electron chi connectivity index (χ0n) is 13.4. The van der Waals surface area contributed by atoms with E-state index in [0.29, 0.717) is 10.5 Å². The van der Waals surface area contributed by atoms with Gasteiger partial charge in [-0.3, -0.25) is 14.5 Å². The number of thiocarbonyl (C=S) groups is 1. The van der Waals surface area contributed by atoms with Gasteiger partial charge < -0.3 is 15.1 Å². The fourth-order valence-corrected chi connectivity index (χ4v) is 3.60. The number of carbonyl (C=O) groups excluding carboxylic acids is 1. The van der Waals surface area contributed by atoms with Crippen LogP contribution in [-0.4, -0.2) is 50.9 Å². The van der Waals surface area contributed by atoms with Crippen molar-refractivity contribution in [2.45, 2.75) is 13.8 Å². The Morgan fingerprint density at radius 2 is 2.04 bits per heavy atom. The van der Waals surface area contributed by atoms with Crippen molar-refractivity contribution in [2.75, 3.05) is 24.5 Å². The van der Waals surface area contributed by atoms with E-state index in [2.05, 4.69) is 4.90 Å². The van der Waals surface area contributed by atoms with E-state index in [1.54, 1.807) is 12.1 Å². The molecule has 1 aromatic carbocycles. The molecule has 128 valence electrons.